The first-order valence-electron chi connectivity index (χ1n) is 18.7. The molecule has 0 saturated carbocycles. The van der Waals surface area contributed by atoms with Gasteiger partial charge in [0.1, 0.15) is 5.60 Å². The zero-order chi connectivity index (χ0) is 37.0. The molecule has 13 heteroatoms. The molecular weight excluding hydrogens is 728 g/mol. The number of hydrogen-bond donors (Lipinski definition) is 1. The third kappa shape index (κ3) is 9.38. The van der Waals surface area contributed by atoms with Gasteiger partial charge in [-0.25, -0.2) is 14.4 Å². The quantitative estimate of drug-likeness (QED) is 0.388. The van der Waals surface area contributed by atoms with E-state index in [1.54, 1.807) is 9.80 Å². The number of aryl methyl sites for hydroxylation is 1. The predicted molar refractivity (Wildman–Crippen MR) is 202 cm³/mol. The van der Waals surface area contributed by atoms with Gasteiger partial charge in [-0.1, -0.05) is 46.3 Å². The van der Waals surface area contributed by atoms with Crippen LogP contribution in [0.25, 0.3) is 0 Å². The van der Waals surface area contributed by atoms with Crippen LogP contribution in [0.5, 0.6) is 0 Å². The van der Waals surface area contributed by atoms with Crippen molar-refractivity contribution in [1.82, 2.24) is 24.5 Å². The van der Waals surface area contributed by atoms with Crippen LogP contribution in [0.15, 0.2) is 46.9 Å². The summed E-state index contributed by atoms with van der Waals surface area (Å²) in [5.74, 6) is -0.172. The van der Waals surface area contributed by atoms with Crippen LogP contribution in [0.2, 0.25) is 0 Å². The van der Waals surface area contributed by atoms with Crippen molar-refractivity contribution in [2.75, 3.05) is 64.2 Å². The molecule has 1 N–H and O–H groups in total. The number of anilines is 1. The van der Waals surface area contributed by atoms with Gasteiger partial charge in [0, 0.05) is 87.6 Å². The number of rotatable bonds is 6. The Hall–Kier alpha value is -3.84. The van der Waals surface area contributed by atoms with Gasteiger partial charge < -0.3 is 34.4 Å². The number of nitrogens with one attached hydrogen (secondary N) is 1. The normalized spacial score (nSPS) is 20.1. The van der Waals surface area contributed by atoms with Gasteiger partial charge in [-0.3, -0.25) is 9.69 Å². The fraction of sp³-hybridized carbons (Fsp3) is 0.590. The molecule has 1 atom stereocenters. The van der Waals surface area contributed by atoms with Crippen molar-refractivity contribution in [3.8, 4) is 0 Å². The molecule has 0 unspecified atom stereocenters. The van der Waals surface area contributed by atoms with Gasteiger partial charge >= 0.3 is 18.2 Å². The number of ether oxygens (including phenoxy) is 2. The van der Waals surface area contributed by atoms with Crippen molar-refractivity contribution in [2.24, 2.45) is 0 Å². The van der Waals surface area contributed by atoms with Gasteiger partial charge in [0.05, 0.1) is 0 Å². The smallest absolute Gasteiger partial charge is 0.410 e. The van der Waals surface area contributed by atoms with E-state index in [1.165, 1.54) is 0 Å². The number of likely N-dealkylation sites (tertiary alicyclic amines) is 2. The highest BCUT2D eigenvalue weighted by Crippen LogP contribution is 2.27. The van der Waals surface area contributed by atoms with Gasteiger partial charge in [0.25, 0.3) is 5.91 Å². The van der Waals surface area contributed by atoms with Gasteiger partial charge in [0.2, 0.25) is 0 Å². The minimum Gasteiger partial charge on any atom is -0.444 e. The number of para-hydroxylation sites is 1. The average molecular weight is 782 g/mol. The summed E-state index contributed by atoms with van der Waals surface area (Å²) in [5, 5.41) is 3.05. The average Bonchev–Trinajstić information content (AvgIpc) is 3.30. The van der Waals surface area contributed by atoms with Crippen molar-refractivity contribution >= 4 is 45.7 Å². The third-order valence-electron chi connectivity index (χ3n) is 10.7. The largest absolute Gasteiger partial charge is 0.444 e. The lowest BCUT2D eigenvalue weighted by Gasteiger charge is -2.43. The van der Waals surface area contributed by atoms with E-state index in [1.807, 2.05) is 80.0 Å². The molecule has 4 heterocycles. The fourth-order valence-electron chi connectivity index (χ4n) is 7.70. The number of carbonyl (C=O) groups is 4. The first kappa shape index (κ1) is 37.9. The molecule has 282 valence electrons. The summed E-state index contributed by atoms with van der Waals surface area (Å²) in [6.07, 6.45) is 2.25. The van der Waals surface area contributed by atoms with Gasteiger partial charge in [-0.15, -0.1) is 0 Å². The molecule has 0 bridgehead atoms. The van der Waals surface area contributed by atoms with E-state index < -0.39 is 17.8 Å². The Kier molecular flexibility index (Phi) is 12.0. The summed E-state index contributed by atoms with van der Waals surface area (Å²) >= 11 is 3.61. The lowest BCUT2D eigenvalue weighted by molar-refractivity contribution is -0.142. The maximum absolute atomic E-state index is 14.1. The molecule has 3 saturated heterocycles. The molecule has 52 heavy (non-hydrogen) atoms. The van der Waals surface area contributed by atoms with E-state index in [4.69, 9.17) is 9.47 Å². The third-order valence-corrected chi connectivity index (χ3v) is 11.6. The lowest BCUT2D eigenvalue weighted by Crippen LogP contribution is -2.56. The van der Waals surface area contributed by atoms with Gasteiger partial charge in [-0.05, 0) is 88.6 Å². The zero-order valence-corrected chi connectivity index (χ0v) is 32.5. The number of carbonyl (C=O) groups excluding carboxylic acids is 4. The highest BCUT2D eigenvalue weighted by atomic mass is 79.9. The molecule has 6 rings (SSSR count). The molecule has 4 aliphatic rings. The molecule has 0 aromatic heterocycles. The van der Waals surface area contributed by atoms with Crippen LogP contribution < -0.4 is 5.32 Å². The maximum Gasteiger partial charge on any atom is 0.410 e. The highest BCUT2D eigenvalue weighted by Gasteiger charge is 2.37. The number of piperazine rings is 1. The van der Waals surface area contributed by atoms with Crippen LogP contribution in [0, 0.1) is 6.92 Å². The van der Waals surface area contributed by atoms with Crippen molar-refractivity contribution in [2.45, 2.75) is 90.0 Å². The first-order chi connectivity index (χ1) is 24.8. The van der Waals surface area contributed by atoms with Crippen molar-refractivity contribution < 1.29 is 28.7 Å². The molecule has 12 nitrogen and oxygen atoms in total. The summed E-state index contributed by atoms with van der Waals surface area (Å²) in [4.78, 5) is 63.0. The Morgan fingerprint density at radius 1 is 0.827 bits per heavy atom. The summed E-state index contributed by atoms with van der Waals surface area (Å²) in [6, 6.07) is 14.1. The lowest BCUT2D eigenvalue weighted by atomic mass is 10.00. The molecule has 0 spiro atoms. The van der Waals surface area contributed by atoms with E-state index >= 15 is 0 Å². The number of benzene rings is 2. The van der Waals surface area contributed by atoms with E-state index in [0.29, 0.717) is 64.7 Å². The molecule has 0 radical (unpaired) electrons. The van der Waals surface area contributed by atoms with Gasteiger partial charge in [-0.2, -0.15) is 0 Å². The van der Waals surface area contributed by atoms with Crippen LogP contribution in [0.3, 0.4) is 0 Å². The number of halogens is 1. The van der Waals surface area contributed by atoms with Crippen molar-refractivity contribution in [3.05, 3.63) is 63.6 Å². The van der Waals surface area contributed by atoms with E-state index in [9.17, 15) is 19.2 Å². The van der Waals surface area contributed by atoms with Gasteiger partial charge in [0.15, 0.2) is 6.10 Å². The Labute approximate surface area is 315 Å². The number of fused-ring (bicyclic) bond motifs is 1. The monoisotopic (exact) mass is 780 g/mol. The second-order valence-electron chi connectivity index (χ2n) is 15.5. The summed E-state index contributed by atoms with van der Waals surface area (Å²) in [7, 11) is 0. The predicted octanol–water partition coefficient (Wildman–Crippen LogP) is 5.90. The Bertz CT molecular complexity index is 1610. The minimum atomic E-state index is -0.955. The molecular formula is C39H53BrN6O6. The Morgan fingerprint density at radius 3 is 2.13 bits per heavy atom. The number of urea groups is 1. The van der Waals surface area contributed by atoms with E-state index in [-0.39, 0.29) is 30.5 Å². The number of piperidine rings is 2. The zero-order valence-electron chi connectivity index (χ0n) is 30.9. The van der Waals surface area contributed by atoms with Crippen molar-refractivity contribution in [1.29, 1.82) is 0 Å². The molecule has 2 aromatic carbocycles. The van der Waals surface area contributed by atoms with Crippen LogP contribution >= 0.6 is 15.9 Å². The van der Waals surface area contributed by atoms with Crippen LogP contribution in [0.1, 0.15) is 63.1 Å². The second-order valence-corrected chi connectivity index (χ2v) is 16.3. The summed E-state index contributed by atoms with van der Waals surface area (Å²) < 4.78 is 12.6. The Balaban J connectivity index is 1.03. The maximum atomic E-state index is 14.1. The number of nitrogens with zero attached hydrogens (tertiary/aromatic N) is 5. The molecule has 2 aromatic rings. The standard InChI is InChI=1S/C39H53BrN6O6/c1-27-9-10-28(25-32(27)40)26-34(35(47)43-16-12-30(13-17-43)42-21-23-45(24-22-42)38(50)52-39(2,3)4)51-37(49)44-18-14-31(15-19-44)46-20-11-29-7-5-6-8-33(29)41-36(46)48/h5-10,25,30-31,34H,11-24,26H2,1-4H3,(H,41,48)/t34-/m1/s1. The molecule has 0 aliphatic carbocycles. The SMILES string of the molecule is Cc1ccc(C[C@@H](OC(=O)N2CCC(N3CCc4ccccc4NC3=O)CC2)C(=O)N2CCC(N3CCN(C(=O)OC(C)(C)C)CC3)CC2)cc1Br. The van der Waals surface area contributed by atoms with Crippen LogP contribution in [0.4, 0.5) is 20.1 Å². The van der Waals surface area contributed by atoms with E-state index in [2.05, 4.69) is 26.1 Å². The summed E-state index contributed by atoms with van der Waals surface area (Å²) in [5.41, 5.74) is 3.45. The fourth-order valence-corrected chi connectivity index (χ4v) is 8.13. The number of amides is 5. The molecule has 5 amide bonds. The minimum absolute atomic E-state index is 0.0160. The number of hydrogen-bond acceptors (Lipinski definition) is 7. The summed E-state index contributed by atoms with van der Waals surface area (Å²) in [6.45, 7) is 13.1. The topological polar surface area (TPSA) is 115 Å². The van der Waals surface area contributed by atoms with E-state index in [0.717, 1.165) is 59.2 Å². The Morgan fingerprint density at radius 2 is 1.46 bits per heavy atom. The molecule has 3 fully saturated rings. The van der Waals surface area contributed by atoms with Crippen LogP contribution in [-0.4, -0.2) is 131 Å². The van der Waals surface area contributed by atoms with Crippen LogP contribution in [-0.2, 0) is 27.1 Å². The first-order valence-corrected chi connectivity index (χ1v) is 19.5. The molecule has 4 aliphatic heterocycles. The second kappa shape index (κ2) is 16.4. The highest BCUT2D eigenvalue weighted by molar-refractivity contribution is 9.10. The van der Waals surface area contributed by atoms with Crippen molar-refractivity contribution in [3.63, 3.8) is 0 Å².